The molecule has 0 bridgehead atoms. The number of amides is 2. The molecule has 0 radical (unpaired) electrons. The molecule has 2 rings (SSSR count). The molecule has 0 saturated heterocycles. The minimum Gasteiger partial charge on any atom is -0.354 e. The van der Waals surface area contributed by atoms with Gasteiger partial charge in [-0.3, -0.25) is 9.59 Å². The van der Waals surface area contributed by atoms with E-state index in [0.29, 0.717) is 29.4 Å². The highest BCUT2D eigenvalue weighted by Gasteiger charge is 2.29. The van der Waals surface area contributed by atoms with Crippen molar-refractivity contribution in [2.75, 3.05) is 20.1 Å². The maximum absolute atomic E-state index is 13.4. The van der Waals surface area contributed by atoms with Crippen LogP contribution in [0.25, 0.3) is 0 Å². The molecule has 0 aliphatic heterocycles. The van der Waals surface area contributed by atoms with Gasteiger partial charge in [0.2, 0.25) is 21.8 Å². The van der Waals surface area contributed by atoms with Gasteiger partial charge in [0, 0.05) is 33.1 Å². The minimum atomic E-state index is -3.64. The summed E-state index contributed by atoms with van der Waals surface area (Å²) in [6.45, 7) is 4.80. The number of halogens is 2. The minimum absolute atomic E-state index is 0.0920. The molecule has 36 heavy (non-hydrogen) atoms. The number of unbranched alkanes of at least 4 members (excludes halogenated alkanes) is 1. The van der Waals surface area contributed by atoms with E-state index in [1.807, 2.05) is 13.8 Å². The zero-order chi connectivity index (χ0) is 26.7. The van der Waals surface area contributed by atoms with Crippen LogP contribution in [0.5, 0.6) is 0 Å². The fourth-order valence-electron chi connectivity index (χ4n) is 3.75. The first-order valence-electron chi connectivity index (χ1n) is 12.1. The van der Waals surface area contributed by atoms with Gasteiger partial charge in [0.25, 0.3) is 0 Å². The third-order valence-corrected chi connectivity index (χ3v) is 8.48. The topological polar surface area (TPSA) is 86.8 Å². The summed E-state index contributed by atoms with van der Waals surface area (Å²) in [5.41, 5.74) is 0.751. The number of nitrogens with zero attached hydrogens (tertiary/aromatic N) is 2. The van der Waals surface area contributed by atoms with E-state index in [9.17, 15) is 18.0 Å². The van der Waals surface area contributed by atoms with Crippen molar-refractivity contribution >= 4 is 45.0 Å². The van der Waals surface area contributed by atoms with Gasteiger partial charge in [0.15, 0.2) is 0 Å². The first kappa shape index (κ1) is 30.1. The Kier molecular flexibility index (Phi) is 12.2. The summed E-state index contributed by atoms with van der Waals surface area (Å²) in [5.74, 6) is -0.438. The second kappa shape index (κ2) is 14.6. The van der Waals surface area contributed by atoms with Crippen LogP contribution >= 0.6 is 23.2 Å². The summed E-state index contributed by atoms with van der Waals surface area (Å²) in [4.78, 5) is 28.0. The van der Waals surface area contributed by atoms with Gasteiger partial charge in [-0.15, -0.1) is 0 Å². The van der Waals surface area contributed by atoms with Gasteiger partial charge in [-0.2, -0.15) is 0 Å². The van der Waals surface area contributed by atoms with Crippen molar-refractivity contribution in [2.45, 2.75) is 63.4 Å². The van der Waals surface area contributed by atoms with Crippen LogP contribution in [0.2, 0.25) is 10.0 Å². The van der Waals surface area contributed by atoms with E-state index in [0.717, 1.165) is 18.4 Å². The summed E-state index contributed by atoms with van der Waals surface area (Å²) in [7, 11) is -2.15. The second-order valence-corrected chi connectivity index (χ2v) is 11.4. The van der Waals surface area contributed by atoms with Crippen LogP contribution in [-0.2, 0) is 26.2 Å². The monoisotopic (exact) mass is 555 g/mol. The Balaban J connectivity index is 2.14. The predicted molar refractivity (Wildman–Crippen MR) is 145 cm³/mol. The first-order chi connectivity index (χ1) is 17.1. The maximum atomic E-state index is 13.4. The summed E-state index contributed by atoms with van der Waals surface area (Å²) in [6.07, 6.45) is 2.64. The van der Waals surface area contributed by atoms with Gasteiger partial charge in [-0.05, 0) is 49.1 Å². The van der Waals surface area contributed by atoms with Crippen molar-refractivity contribution in [1.29, 1.82) is 0 Å². The molecule has 0 spiro atoms. The number of rotatable bonds is 14. The number of hydrogen-bond donors (Lipinski definition) is 1. The van der Waals surface area contributed by atoms with E-state index in [1.54, 1.807) is 53.4 Å². The molecule has 198 valence electrons. The Morgan fingerprint density at radius 3 is 2.31 bits per heavy atom. The van der Waals surface area contributed by atoms with Gasteiger partial charge in [-0.25, -0.2) is 12.7 Å². The van der Waals surface area contributed by atoms with Crippen LogP contribution in [-0.4, -0.2) is 55.6 Å². The molecule has 0 aromatic heterocycles. The summed E-state index contributed by atoms with van der Waals surface area (Å²) >= 11 is 12.2. The van der Waals surface area contributed by atoms with Crippen LogP contribution in [0.15, 0.2) is 53.4 Å². The van der Waals surface area contributed by atoms with Crippen molar-refractivity contribution < 1.29 is 18.0 Å². The van der Waals surface area contributed by atoms with Crippen LogP contribution < -0.4 is 5.32 Å². The molecule has 0 heterocycles. The highest BCUT2D eigenvalue weighted by atomic mass is 35.5. The lowest BCUT2D eigenvalue weighted by atomic mass is 10.1. The van der Waals surface area contributed by atoms with E-state index >= 15 is 0 Å². The highest BCUT2D eigenvalue weighted by molar-refractivity contribution is 7.89. The van der Waals surface area contributed by atoms with Crippen molar-refractivity contribution in [3.05, 3.63) is 64.1 Å². The summed E-state index contributed by atoms with van der Waals surface area (Å²) in [5, 5.41) is 3.70. The molecule has 0 aliphatic carbocycles. The Bertz CT molecular complexity index is 1110. The molecule has 0 fully saturated rings. The van der Waals surface area contributed by atoms with Crippen LogP contribution in [0.3, 0.4) is 0 Å². The molecule has 10 heteroatoms. The molecular weight excluding hydrogens is 521 g/mol. The van der Waals surface area contributed by atoms with Gasteiger partial charge in [-0.1, -0.05) is 67.7 Å². The van der Waals surface area contributed by atoms with Crippen molar-refractivity contribution in [1.82, 2.24) is 14.5 Å². The lowest BCUT2D eigenvalue weighted by molar-refractivity contribution is -0.141. The normalized spacial score (nSPS) is 12.4. The summed E-state index contributed by atoms with van der Waals surface area (Å²) in [6, 6.07) is 12.6. The number of carbonyl (C=O) groups excluding carboxylic acids is 2. The zero-order valence-corrected chi connectivity index (χ0v) is 23.4. The number of carbonyl (C=O) groups is 2. The zero-order valence-electron chi connectivity index (χ0n) is 21.0. The van der Waals surface area contributed by atoms with E-state index < -0.39 is 16.1 Å². The number of hydrogen-bond acceptors (Lipinski definition) is 4. The van der Waals surface area contributed by atoms with Gasteiger partial charge in [0.05, 0.1) is 14.9 Å². The number of nitrogens with one attached hydrogen (secondary N) is 1. The van der Waals surface area contributed by atoms with Crippen LogP contribution in [0.4, 0.5) is 0 Å². The second-order valence-electron chi connectivity index (χ2n) is 8.58. The first-order valence-corrected chi connectivity index (χ1v) is 14.3. The van der Waals surface area contributed by atoms with Gasteiger partial charge >= 0.3 is 0 Å². The molecular formula is C26H35Cl2N3O4S. The fraction of sp³-hybridized carbons (Fsp3) is 0.462. The smallest absolute Gasteiger partial charge is 0.242 e. The number of benzene rings is 2. The quantitative estimate of drug-likeness (QED) is 0.328. The van der Waals surface area contributed by atoms with E-state index in [2.05, 4.69) is 5.32 Å². The largest absolute Gasteiger partial charge is 0.354 e. The third kappa shape index (κ3) is 8.47. The SMILES string of the molecule is CCCCNC(=O)[C@@H](CC)N(Cc1ccc(Cl)c(Cl)c1)C(=O)CCCN(C)S(=O)(=O)c1ccccc1. The van der Waals surface area contributed by atoms with Gasteiger partial charge in [0.1, 0.15) is 6.04 Å². The number of sulfonamides is 1. The molecule has 0 aliphatic rings. The molecule has 2 amide bonds. The molecule has 7 nitrogen and oxygen atoms in total. The Hall–Kier alpha value is -2.13. The average Bonchev–Trinajstić information content (AvgIpc) is 2.86. The summed E-state index contributed by atoms with van der Waals surface area (Å²) < 4.78 is 26.8. The fourth-order valence-corrected chi connectivity index (χ4v) is 5.30. The van der Waals surface area contributed by atoms with Crippen LogP contribution in [0.1, 0.15) is 51.5 Å². The van der Waals surface area contributed by atoms with Crippen molar-refractivity contribution in [3.8, 4) is 0 Å². The van der Waals surface area contributed by atoms with E-state index in [4.69, 9.17) is 23.2 Å². The van der Waals surface area contributed by atoms with Gasteiger partial charge < -0.3 is 10.2 Å². The van der Waals surface area contributed by atoms with E-state index in [-0.39, 0.29) is 36.2 Å². The molecule has 1 N–H and O–H groups in total. The lowest BCUT2D eigenvalue weighted by Gasteiger charge is -2.31. The van der Waals surface area contributed by atoms with E-state index in [1.165, 1.54) is 11.4 Å². The Morgan fingerprint density at radius 2 is 1.69 bits per heavy atom. The third-order valence-electron chi connectivity index (χ3n) is 5.87. The van der Waals surface area contributed by atoms with Crippen molar-refractivity contribution in [3.63, 3.8) is 0 Å². The van der Waals surface area contributed by atoms with Crippen LogP contribution in [0, 0.1) is 0 Å². The molecule has 0 unspecified atom stereocenters. The Morgan fingerprint density at radius 1 is 1.00 bits per heavy atom. The highest BCUT2D eigenvalue weighted by Crippen LogP contribution is 2.24. The molecule has 2 aromatic carbocycles. The molecule has 1 atom stereocenters. The maximum Gasteiger partial charge on any atom is 0.242 e. The standard InChI is InChI=1S/C26H35Cl2N3O4S/c1-4-6-16-29-26(33)24(5-2)31(19-20-14-15-22(27)23(28)18-20)25(32)13-10-17-30(3)36(34,35)21-11-8-7-9-12-21/h7-9,11-12,14-15,18,24H,4-6,10,13,16-17,19H2,1-3H3,(H,29,33)/t24-/m1/s1. The lowest BCUT2D eigenvalue weighted by Crippen LogP contribution is -2.49. The van der Waals surface area contributed by atoms with Crippen molar-refractivity contribution in [2.24, 2.45) is 0 Å². The Labute approximate surface area is 224 Å². The average molecular weight is 557 g/mol. The predicted octanol–water partition coefficient (Wildman–Crippen LogP) is 5.12. The molecule has 2 aromatic rings. The molecule has 0 saturated carbocycles.